The first-order valence-electron chi connectivity index (χ1n) is 15.2. The summed E-state index contributed by atoms with van der Waals surface area (Å²) in [7, 11) is 0. The Labute approximate surface area is 224 Å². The fourth-order valence-electron chi connectivity index (χ4n) is 8.80. The summed E-state index contributed by atoms with van der Waals surface area (Å²) in [5.74, 6) is 3.97. The number of carbonyl (C=O) groups excluding carboxylic acids is 3. The largest absolute Gasteiger partial charge is 0.295 e. The molecule has 6 heteroatoms. The molecule has 1 aromatic heterocycles. The lowest BCUT2D eigenvalue weighted by molar-refractivity contribution is -0.134. The van der Waals surface area contributed by atoms with Gasteiger partial charge in [0.1, 0.15) is 11.9 Å². The Morgan fingerprint density at radius 1 is 0.868 bits per heavy atom. The third-order valence-corrected chi connectivity index (χ3v) is 10.7. The molecule has 0 spiro atoms. The van der Waals surface area contributed by atoms with Crippen LogP contribution in [0.25, 0.3) is 10.8 Å². The van der Waals surface area contributed by atoms with E-state index in [1.165, 1.54) is 87.5 Å². The molecule has 0 radical (unpaired) electrons. The molecule has 2 aromatic rings. The highest BCUT2D eigenvalue weighted by molar-refractivity contribution is 6.26. The minimum atomic E-state index is -0.687. The molecule has 2 aliphatic heterocycles. The van der Waals surface area contributed by atoms with Crippen LogP contribution in [0.4, 0.5) is 5.82 Å². The van der Waals surface area contributed by atoms with Crippen molar-refractivity contribution in [3.8, 4) is 0 Å². The second kappa shape index (κ2) is 9.77. The molecule has 1 saturated heterocycles. The van der Waals surface area contributed by atoms with Gasteiger partial charge in [-0.25, -0.2) is 4.98 Å². The fourth-order valence-corrected chi connectivity index (χ4v) is 8.80. The van der Waals surface area contributed by atoms with Crippen LogP contribution in [0.5, 0.6) is 0 Å². The van der Waals surface area contributed by atoms with Gasteiger partial charge >= 0.3 is 0 Å². The molecule has 0 bridgehead atoms. The molecule has 1 aromatic carbocycles. The molecular formula is C32H39N3O3. The molecule has 5 aliphatic rings. The van der Waals surface area contributed by atoms with Crippen molar-refractivity contribution in [3.63, 3.8) is 0 Å². The Hall–Kier alpha value is -2.76. The highest BCUT2D eigenvalue weighted by Crippen LogP contribution is 2.49. The Kier molecular flexibility index (Phi) is 6.24. The second-order valence-electron chi connectivity index (χ2n) is 12.8. The molecule has 6 nitrogen and oxygen atoms in total. The van der Waals surface area contributed by atoms with Crippen molar-refractivity contribution in [2.45, 2.75) is 102 Å². The van der Waals surface area contributed by atoms with Gasteiger partial charge in [-0.05, 0) is 98.0 Å². The first kappa shape index (κ1) is 24.3. The molecule has 4 fully saturated rings. The van der Waals surface area contributed by atoms with E-state index < -0.39 is 11.9 Å². The highest BCUT2D eigenvalue weighted by Gasteiger charge is 2.42. The number of amides is 3. The van der Waals surface area contributed by atoms with Gasteiger partial charge in [0, 0.05) is 18.0 Å². The lowest BCUT2D eigenvalue weighted by atomic mass is 9.72. The smallest absolute Gasteiger partial charge is 0.260 e. The van der Waals surface area contributed by atoms with Gasteiger partial charge in [0.05, 0.1) is 5.56 Å². The van der Waals surface area contributed by atoms with Crippen LogP contribution in [0.15, 0.2) is 24.4 Å². The van der Waals surface area contributed by atoms with Crippen LogP contribution in [0.2, 0.25) is 0 Å². The molecule has 3 heterocycles. The summed E-state index contributed by atoms with van der Waals surface area (Å²) in [6.45, 7) is 0. The van der Waals surface area contributed by atoms with Crippen molar-refractivity contribution in [1.82, 2.24) is 10.3 Å². The van der Waals surface area contributed by atoms with E-state index in [9.17, 15) is 14.4 Å². The molecule has 3 amide bonds. The van der Waals surface area contributed by atoms with E-state index in [0.717, 1.165) is 34.4 Å². The predicted molar refractivity (Wildman–Crippen MR) is 147 cm³/mol. The SMILES string of the molecule is O=C1CCC(N2C(=O)c3cccc4c(C5CCC(C6CCC(CC7CCCC7)C6)CC5)cnc2c34)C(=O)N1. The Bertz CT molecular complexity index is 1270. The molecule has 1 N–H and O–H groups in total. The summed E-state index contributed by atoms with van der Waals surface area (Å²) < 4.78 is 0. The van der Waals surface area contributed by atoms with E-state index in [4.69, 9.17) is 4.98 Å². The van der Waals surface area contributed by atoms with Crippen LogP contribution < -0.4 is 10.2 Å². The number of rotatable bonds is 5. The summed E-state index contributed by atoms with van der Waals surface area (Å²) in [4.78, 5) is 44.1. The summed E-state index contributed by atoms with van der Waals surface area (Å²) in [5.41, 5.74) is 1.89. The maximum atomic E-state index is 13.4. The molecule has 3 unspecified atom stereocenters. The van der Waals surface area contributed by atoms with Crippen LogP contribution >= 0.6 is 0 Å². The summed E-state index contributed by atoms with van der Waals surface area (Å²) in [6, 6.07) is 5.25. The Morgan fingerprint density at radius 2 is 1.66 bits per heavy atom. The van der Waals surface area contributed by atoms with E-state index in [1.807, 2.05) is 18.3 Å². The monoisotopic (exact) mass is 513 g/mol. The van der Waals surface area contributed by atoms with Crippen molar-refractivity contribution in [2.24, 2.45) is 23.7 Å². The van der Waals surface area contributed by atoms with Crippen molar-refractivity contribution in [3.05, 3.63) is 35.5 Å². The third-order valence-electron chi connectivity index (χ3n) is 10.7. The molecule has 38 heavy (non-hydrogen) atoms. The lowest BCUT2D eigenvalue weighted by Crippen LogP contribution is -2.53. The van der Waals surface area contributed by atoms with Crippen LogP contribution in [0.3, 0.4) is 0 Å². The van der Waals surface area contributed by atoms with E-state index >= 15 is 0 Å². The van der Waals surface area contributed by atoms with Gasteiger partial charge in [0.2, 0.25) is 11.8 Å². The number of carbonyl (C=O) groups is 3. The van der Waals surface area contributed by atoms with Crippen molar-refractivity contribution < 1.29 is 14.4 Å². The normalized spacial score (nSPS) is 31.9. The summed E-state index contributed by atoms with van der Waals surface area (Å²) in [5, 5.41) is 4.39. The molecular weight excluding hydrogens is 474 g/mol. The number of nitrogens with zero attached hydrogens (tertiary/aromatic N) is 2. The van der Waals surface area contributed by atoms with Crippen LogP contribution in [-0.2, 0) is 9.59 Å². The lowest BCUT2D eigenvalue weighted by Gasteiger charge is -2.33. The van der Waals surface area contributed by atoms with Crippen molar-refractivity contribution in [2.75, 3.05) is 4.90 Å². The minimum absolute atomic E-state index is 0.179. The molecule has 3 saturated carbocycles. The number of hydrogen-bond donors (Lipinski definition) is 1. The zero-order valence-corrected chi connectivity index (χ0v) is 22.3. The fraction of sp³-hybridized carbons (Fsp3) is 0.625. The van der Waals surface area contributed by atoms with Gasteiger partial charge in [-0.15, -0.1) is 0 Å². The minimum Gasteiger partial charge on any atom is -0.295 e. The topological polar surface area (TPSA) is 79.4 Å². The van der Waals surface area contributed by atoms with E-state index in [1.54, 1.807) is 0 Å². The van der Waals surface area contributed by atoms with Gasteiger partial charge < -0.3 is 0 Å². The quantitative estimate of drug-likeness (QED) is 0.478. The Morgan fingerprint density at radius 3 is 2.45 bits per heavy atom. The van der Waals surface area contributed by atoms with E-state index in [0.29, 0.717) is 23.7 Å². The number of piperidine rings is 1. The van der Waals surface area contributed by atoms with Crippen molar-refractivity contribution >= 4 is 34.3 Å². The number of anilines is 1. The van der Waals surface area contributed by atoms with Crippen LogP contribution in [0.1, 0.15) is 112 Å². The number of aromatic nitrogens is 1. The van der Waals surface area contributed by atoms with Gasteiger partial charge in [0.15, 0.2) is 0 Å². The summed E-state index contributed by atoms with van der Waals surface area (Å²) in [6.07, 6.45) is 19.3. The van der Waals surface area contributed by atoms with Gasteiger partial charge in [-0.3, -0.25) is 24.6 Å². The van der Waals surface area contributed by atoms with Gasteiger partial charge in [-0.2, -0.15) is 0 Å². The van der Waals surface area contributed by atoms with E-state index in [2.05, 4.69) is 11.4 Å². The maximum Gasteiger partial charge on any atom is 0.260 e. The maximum absolute atomic E-state index is 13.4. The standard InChI is InChI=1S/C32H39N3O3/c36-28-15-14-27(31(37)34-28)35-30-29-24(6-3-7-25(29)32(35)38)26(18-33-30)22-12-10-21(11-13-22)23-9-8-20(17-23)16-19-4-1-2-5-19/h3,6-7,18-23,27H,1-2,4-5,8-17H2,(H,34,36,37). The van der Waals surface area contributed by atoms with Crippen LogP contribution in [-0.4, -0.2) is 28.7 Å². The average Bonchev–Trinajstić information content (AvgIpc) is 3.67. The summed E-state index contributed by atoms with van der Waals surface area (Å²) >= 11 is 0. The second-order valence-corrected chi connectivity index (χ2v) is 12.8. The number of nitrogens with one attached hydrogen (secondary N) is 1. The molecule has 3 aliphatic carbocycles. The number of benzene rings is 1. The van der Waals surface area contributed by atoms with Gasteiger partial charge in [0.25, 0.3) is 5.91 Å². The molecule has 7 rings (SSSR count). The zero-order valence-electron chi connectivity index (χ0n) is 22.3. The predicted octanol–water partition coefficient (Wildman–Crippen LogP) is 6.27. The number of imide groups is 1. The number of pyridine rings is 1. The first-order valence-corrected chi connectivity index (χ1v) is 15.2. The van der Waals surface area contributed by atoms with Crippen molar-refractivity contribution in [1.29, 1.82) is 0 Å². The van der Waals surface area contributed by atoms with Crippen LogP contribution in [0, 0.1) is 23.7 Å². The first-order chi connectivity index (χ1) is 18.6. The third kappa shape index (κ3) is 4.15. The zero-order chi connectivity index (χ0) is 25.8. The van der Waals surface area contributed by atoms with Gasteiger partial charge in [-0.1, -0.05) is 44.2 Å². The van der Waals surface area contributed by atoms with E-state index in [-0.39, 0.29) is 18.2 Å². The molecule has 200 valence electrons. The highest BCUT2D eigenvalue weighted by atomic mass is 16.2. The Balaban J connectivity index is 1.07. The average molecular weight is 514 g/mol. The molecule has 3 atom stereocenters. The number of hydrogen-bond acceptors (Lipinski definition) is 4.